The Morgan fingerprint density at radius 2 is 2.38 bits per heavy atom. The summed E-state index contributed by atoms with van der Waals surface area (Å²) in [5, 5.41) is 0.778. The average Bonchev–Trinajstić information content (AvgIpc) is 2.63. The molecule has 0 amide bonds. The Bertz CT molecular complexity index is 383. The number of thioether (sulfide) groups is 1. The van der Waals surface area contributed by atoms with E-state index in [1.165, 1.54) is 17.8 Å². The van der Waals surface area contributed by atoms with E-state index in [-0.39, 0.29) is 24.2 Å². The van der Waals surface area contributed by atoms with Gasteiger partial charge in [0.1, 0.15) is 5.15 Å². The van der Waals surface area contributed by atoms with E-state index in [1.54, 1.807) is 0 Å². The number of rotatable bonds is 3. The quantitative estimate of drug-likeness (QED) is 0.474. The van der Waals surface area contributed by atoms with Crippen molar-refractivity contribution in [1.29, 1.82) is 0 Å². The molecule has 2 atom stereocenters. The molecule has 0 saturated carbocycles. The molecule has 0 N–H and O–H groups in total. The fraction of sp³-hybridized carbons (Fsp3) is 0.556. The largest absolute Gasteiger partial charge is 0.469 e. The van der Waals surface area contributed by atoms with E-state index in [4.69, 9.17) is 21.1 Å². The maximum atomic E-state index is 13.2. The maximum absolute atomic E-state index is 13.2. The van der Waals surface area contributed by atoms with Crippen molar-refractivity contribution >= 4 is 23.4 Å². The predicted octanol–water partition coefficient (Wildman–Crippen LogP) is 1.97. The van der Waals surface area contributed by atoms with Crippen LogP contribution >= 0.6 is 23.4 Å². The van der Waals surface area contributed by atoms with E-state index in [9.17, 15) is 4.39 Å². The van der Waals surface area contributed by atoms with Gasteiger partial charge in [-0.3, -0.25) is 0 Å². The molecule has 0 bridgehead atoms. The average molecular weight is 265 g/mol. The monoisotopic (exact) mass is 264 g/mol. The molecule has 0 aliphatic carbocycles. The van der Waals surface area contributed by atoms with Crippen LogP contribution < -0.4 is 4.74 Å². The zero-order chi connectivity index (χ0) is 11.5. The van der Waals surface area contributed by atoms with Crippen LogP contribution in [0.2, 0.25) is 5.15 Å². The zero-order valence-electron chi connectivity index (χ0n) is 8.52. The van der Waals surface area contributed by atoms with Crippen LogP contribution in [0.4, 0.5) is 4.39 Å². The van der Waals surface area contributed by atoms with Crippen LogP contribution in [0, 0.1) is 0 Å². The van der Waals surface area contributed by atoms with Crippen LogP contribution in [0.1, 0.15) is 0 Å². The van der Waals surface area contributed by atoms with Crippen LogP contribution in [0.5, 0.6) is 5.88 Å². The Morgan fingerprint density at radius 1 is 1.56 bits per heavy atom. The highest BCUT2D eigenvalue weighted by molar-refractivity contribution is 7.98. The standard InChI is InChI=1S/C9H10ClFN2O2S/c1-16-9-12-7(10)2-8(13-9)15-6-4-14-3-5(6)11/h2,5-6H,3-4H2,1H3/t5-,6?/m1/s1. The Kier molecular flexibility index (Phi) is 3.83. The van der Waals surface area contributed by atoms with Crippen LogP contribution in [0.15, 0.2) is 11.2 Å². The molecule has 4 nitrogen and oxygen atoms in total. The molecule has 0 radical (unpaired) electrons. The summed E-state index contributed by atoms with van der Waals surface area (Å²) in [7, 11) is 0. The SMILES string of the molecule is CSc1nc(Cl)cc(OC2COC[C@H]2F)n1. The lowest BCUT2D eigenvalue weighted by molar-refractivity contribution is 0.123. The lowest BCUT2D eigenvalue weighted by atomic mass is 10.3. The molecule has 2 heterocycles. The molecule has 0 aromatic carbocycles. The van der Waals surface area contributed by atoms with Crippen molar-refractivity contribution in [1.82, 2.24) is 9.97 Å². The number of hydrogen-bond donors (Lipinski definition) is 0. The van der Waals surface area contributed by atoms with E-state index in [0.29, 0.717) is 5.16 Å². The highest BCUT2D eigenvalue weighted by Crippen LogP contribution is 2.22. The van der Waals surface area contributed by atoms with Crippen molar-refractivity contribution < 1.29 is 13.9 Å². The Hall–Kier alpha value is -0.590. The summed E-state index contributed by atoms with van der Waals surface area (Å²) in [6.45, 7) is 0.302. The Balaban J connectivity index is 2.11. The van der Waals surface area contributed by atoms with Gasteiger partial charge in [-0.25, -0.2) is 9.37 Å². The summed E-state index contributed by atoms with van der Waals surface area (Å²) >= 11 is 7.13. The third-order valence-electron chi connectivity index (χ3n) is 2.07. The second kappa shape index (κ2) is 5.16. The number of halogens is 2. The van der Waals surface area contributed by atoms with Gasteiger partial charge < -0.3 is 9.47 Å². The van der Waals surface area contributed by atoms with E-state index in [1.807, 2.05) is 6.26 Å². The first kappa shape index (κ1) is 11.9. The van der Waals surface area contributed by atoms with Crippen molar-refractivity contribution in [2.24, 2.45) is 0 Å². The molecule has 2 rings (SSSR count). The minimum absolute atomic E-state index is 0.0683. The molecule has 16 heavy (non-hydrogen) atoms. The first-order chi connectivity index (χ1) is 7.69. The van der Waals surface area contributed by atoms with E-state index < -0.39 is 12.3 Å². The van der Waals surface area contributed by atoms with E-state index in [0.717, 1.165) is 0 Å². The Labute approximate surface area is 102 Å². The minimum atomic E-state index is -1.12. The first-order valence-corrected chi connectivity index (χ1v) is 6.26. The van der Waals surface area contributed by atoms with Gasteiger partial charge in [-0.05, 0) is 6.26 Å². The summed E-state index contributed by atoms with van der Waals surface area (Å²) in [5.74, 6) is 0.280. The van der Waals surface area contributed by atoms with Crippen molar-refractivity contribution in [3.63, 3.8) is 0 Å². The molecule has 1 saturated heterocycles. The number of aromatic nitrogens is 2. The van der Waals surface area contributed by atoms with Gasteiger partial charge in [-0.1, -0.05) is 23.4 Å². The van der Waals surface area contributed by atoms with Gasteiger partial charge in [0.25, 0.3) is 0 Å². The van der Waals surface area contributed by atoms with Crippen molar-refractivity contribution in [3.8, 4) is 5.88 Å². The van der Waals surface area contributed by atoms with E-state index >= 15 is 0 Å². The van der Waals surface area contributed by atoms with Gasteiger partial charge >= 0.3 is 0 Å². The van der Waals surface area contributed by atoms with Gasteiger partial charge in [-0.2, -0.15) is 4.98 Å². The van der Waals surface area contributed by atoms with Gasteiger partial charge in [0.15, 0.2) is 17.4 Å². The van der Waals surface area contributed by atoms with Crippen LogP contribution in [-0.2, 0) is 4.74 Å². The molecule has 1 fully saturated rings. The molecule has 0 spiro atoms. The van der Waals surface area contributed by atoms with Gasteiger partial charge in [0.2, 0.25) is 5.88 Å². The van der Waals surface area contributed by atoms with Crippen LogP contribution in [0.3, 0.4) is 0 Å². The van der Waals surface area contributed by atoms with Gasteiger partial charge in [0, 0.05) is 6.07 Å². The Morgan fingerprint density at radius 3 is 3.00 bits per heavy atom. The smallest absolute Gasteiger partial charge is 0.219 e. The lowest BCUT2D eigenvalue weighted by Gasteiger charge is -2.13. The lowest BCUT2D eigenvalue weighted by Crippen LogP contribution is -2.27. The second-order valence-corrected chi connectivity index (χ2v) is 4.39. The van der Waals surface area contributed by atoms with Gasteiger partial charge in [0.05, 0.1) is 13.2 Å². The fourth-order valence-electron chi connectivity index (χ4n) is 1.30. The third-order valence-corrected chi connectivity index (χ3v) is 2.81. The molecule has 1 aliphatic rings. The fourth-order valence-corrected chi connectivity index (χ4v) is 1.89. The molecule has 7 heteroatoms. The molecule has 1 aliphatic heterocycles. The van der Waals surface area contributed by atoms with Crippen LogP contribution in [0.25, 0.3) is 0 Å². The zero-order valence-corrected chi connectivity index (χ0v) is 10.1. The summed E-state index contributed by atoms with van der Waals surface area (Å²) in [4.78, 5) is 8.03. The van der Waals surface area contributed by atoms with Crippen LogP contribution in [-0.4, -0.2) is 41.7 Å². The van der Waals surface area contributed by atoms with Crippen molar-refractivity contribution in [2.75, 3.05) is 19.5 Å². The second-order valence-electron chi connectivity index (χ2n) is 3.23. The molecule has 88 valence electrons. The summed E-state index contributed by atoms with van der Waals surface area (Å²) in [5.41, 5.74) is 0. The van der Waals surface area contributed by atoms with Crippen molar-refractivity contribution in [3.05, 3.63) is 11.2 Å². The summed E-state index contributed by atoms with van der Waals surface area (Å²) in [6, 6.07) is 1.46. The highest BCUT2D eigenvalue weighted by Gasteiger charge is 2.30. The predicted molar refractivity (Wildman–Crippen MR) is 59.0 cm³/mol. The maximum Gasteiger partial charge on any atom is 0.219 e. The van der Waals surface area contributed by atoms with Gasteiger partial charge in [-0.15, -0.1) is 0 Å². The highest BCUT2D eigenvalue weighted by atomic mass is 35.5. The first-order valence-electron chi connectivity index (χ1n) is 4.66. The molecule has 1 aromatic heterocycles. The third kappa shape index (κ3) is 2.75. The number of nitrogens with zero attached hydrogens (tertiary/aromatic N) is 2. The molecule has 1 aromatic rings. The summed E-state index contributed by atoms with van der Waals surface area (Å²) in [6.07, 6.45) is 0.0960. The number of ether oxygens (including phenoxy) is 2. The molecule has 1 unspecified atom stereocenters. The summed E-state index contributed by atoms with van der Waals surface area (Å²) < 4.78 is 23.5. The topological polar surface area (TPSA) is 44.2 Å². The normalized spacial score (nSPS) is 24.7. The van der Waals surface area contributed by atoms with E-state index in [2.05, 4.69) is 9.97 Å². The minimum Gasteiger partial charge on any atom is -0.469 e. The number of alkyl halides is 1. The molecular weight excluding hydrogens is 255 g/mol. The molecular formula is C9H10ClFN2O2S. The van der Waals surface area contributed by atoms with Crippen molar-refractivity contribution in [2.45, 2.75) is 17.4 Å². The number of hydrogen-bond acceptors (Lipinski definition) is 5.